The van der Waals surface area contributed by atoms with Gasteiger partial charge in [-0.3, -0.25) is 4.99 Å². The van der Waals surface area contributed by atoms with E-state index < -0.39 is 0 Å². The van der Waals surface area contributed by atoms with Crippen LogP contribution in [0.5, 0.6) is 0 Å². The maximum absolute atomic E-state index is 5.87. The van der Waals surface area contributed by atoms with E-state index in [0.717, 1.165) is 32.1 Å². The van der Waals surface area contributed by atoms with Gasteiger partial charge < -0.3 is 16.0 Å². The predicted octanol–water partition coefficient (Wildman–Crippen LogP) is -0.385. The van der Waals surface area contributed by atoms with Crippen LogP contribution in [0, 0.1) is 5.92 Å². The molecule has 2 atom stereocenters. The highest BCUT2D eigenvalue weighted by atomic mass is 15.3. The van der Waals surface area contributed by atoms with Crippen LogP contribution in [0.25, 0.3) is 0 Å². The first-order valence-electron chi connectivity index (χ1n) is 5.06. The van der Waals surface area contributed by atoms with Gasteiger partial charge in [0.2, 0.25) is 0 Å². The molecule has 4 heteroatoms. The average Bonchev–Trinajstić information content (AvgIpc) is 2.75. The molecule has 0 aromatic carbocycles. The number of nitrogens with zero attached hydrogens (tertiary/aromatic N) is 2. The Morgan fingerprint density at radius 2 is 2.54 bits per heavy atom. The highest BCUT2D eigenvalue weighted by Gasteiger charge is 2.27. The van der Waals surface area contributed by atoms with Gasteiger partial charge in [0.25, 0.3) is 0 Å². The number of rotatable bonds is 1. The molecule has 0 saturated carbocycles. The maximum Gasteiger partial charge on any atom is 0.194 e. The standard InChI is InChI=1S/C9H18N4/c1-7(10)8-2-5-13(6-8)9-11-3-4-12-9/h7-8H,2-6,10H2,1H3,(H,11,12). The molecule has 3 N–H and O–H groups in total. The minimum absolute atomic E-state index is 0.312. The summed E-state index contributed by atoms with van der Waals surface area (Å²) < 4.78 is 0. The van der Waals surface area contributed by atoms with Crippen LogP contribution in [0.15, 0.2) is 4.99 Å². The summed E-state index contributed by atoms with van der Waals surface area (Å²) in [6.07, 6.45) is 1.21. The Morgan fingerprint density at radius 3 is 3.08 bits per heavy atom. The Balaban J connectivity index is 1.90. The molecule has 0 bridgehead atoms. The van der Waals surface area contributed by atoms with Crippen molar-refractivity contribution < 1.29 is 0 Å². The van der Waals surface area contributed by atoms with E-state index in [1.54, 1.807) is 0 Å². The molecule has 2 heterocycles. The van der Waals surface area contributed by atoms with Crippen LogP contribution in [-0.4, -0.2) is 43.1 Å². The van der Waals surface area contributed by atoms with Gasteiger partial charge in [-0.25, -0.2) is 0 Å². The van der Waals surface area contributed by atoms with E-state index in [-0.39, 0.29) is 0 Å². The summed E-state index contributed by atoms with van der Waals surface area (Å²) in [5.41, 5.74) is 5.87. The van der Waals surface area contributed by atoms with E-state index in [2.05, 4.69) is 22.1 Å². The van der Waals surface area contributed by atoms with Gasteiger partial charge in [-0.1, -0.05) is 0 Å². The lowest BCUT2D eigenvalue weighted by molar-refractivity contribution is 0.430. The van der Waals surface area contributed by atoms with Crippen molar-refractivity contribution >= 4 is 5.96 Å². The fraction of sp³-hybridized carbons (Fsp3) is 0.889. The largest absolute Gasteiger partial charge is 0.354 e. The van der Waals surface area contributed by atoms with Crippen molar-refractivity contribution in [3.05, 3.63) is 0 Å². The molecule has 0 aliphatic carbocycles. The normalized spacial score (nSPS) is 30.2. The number of nitrogens with one attached hydrogen (secondary N) is 1. The topological polar surface area (TPSA) is 53.6 Å². The van der Waals surface area contributed by atoms with Crippen molar-refractivity contribution in [2.24, 2.45) is 16.6 Å². The average molecular weight is 182 g/mol. The van der Waals surface area contributed by atoms with Gasteiger partial charge in [0.05, 0.1) is 6.54 Å². The van der Waals surface area contributed by atoms with Crippen LogP contribution in [0.4, 0.5) is 0 Å². The molecule has 0 radical (unpaired) electrons. The van der Waals surface area contributed by atoms with Gasteiger partial charge in [-0.05, 0) is 19.3 Å². The van der Waals surface area contributed by atoms with Crippen molar-refractivity contribution in [1.29, 1.82) is 0 Å². The van der Waals surface area contributed by atoms with Crippen molar-refractivity contribution in [2.45, 2.75) is 19.4 Å². The highest BCUT2D eigenvalue weighted by Crippen LogP contribution is 2.18. The summed E-state index contributed by atoms with van der Waals surface area (Å²) in [5.74, 6) is 1.73. The first kappa shape index (κ1) is 8.81. The first-order valence-corrected chi connectivity index (χ1v) is 5.06. The second kappa shape index (κ2) is 3.54. The molecule has 4 nitrogen and oxygen atoms in total. The SMILES string of the molecule is CC(N)C1CCN(C2=NCCN2)C1. The molecule has 0 aromatic heterocycles. The Hall–Kier alpha value is -0.770. The second-order valence-corrected chi connectivity index (χ2v) is 3.99. The van der Waals surface area contributed by atoms with Gasteiger partial charge in [-0.2, -0.15) is 0 Å². The number of guanidine groups is 1. The fourth-order valence-electron chi connectivity index (χ4n) is 2.01. The van der Waals surface area contributed by atoms with Gasteiger partial charge in [0, 0.05) is 25.7 Å². The van der Waals surface area contributed by atoms with E-state index in [1.165, 1.54) is 6.42 Å². The van der Waals surface area contributed by atoms with Crippen molar-refractivity contribution in [2.75, 3.05) is 26.2 Å². The molecule has 2 aliphatic heterocycles. The van der Waals surface area contributed by atoms with Gasteiger partial charge in [0.1, 0.15) is 0 Å². The molecule has 0 spiro atoms. The van der Waals surface area contributed by atoms with Crippen LogP contribution in [0.1, 0.15) is 13.3 Å². The molecular weight excluding hydrogens is 164 g/mol. The molecule has 1 fully saturated rings. The Morgan fingerprint density at radius 1 is 1.69 bits per heavy atom. The van der Waals surface area contributed by atoms with E-state index in [1.807, 2.05) is 0 Å². The first-order chi connectivity index (χ1) is 6.27. The summed E-state index contributed by atoms with van der Waals surface area (Å²) in [5, 5.41) is 3.29. The molecule has 2 unspecified atom stereocenters. The van der Waals surface area contributed by atoms with Gasteiger partial charge in [-0.15, -0.1) is 0 Å². The van der Waals surface area contributed by atoms with Crippen LogP contribution >= 0.6 is 0 Å². The molecule has 13 heavy (non-hydrogen) atoms. The monoisotopic (exact) mass is 182 g/mol. The van der Waals surface area contributed by atoms with E-state index in [4.69, 9.17) is 5.73 Å². The second-order valence-electron chi connectivity index (χ2n) is 3.99. The minimum Gasteiger partial charge on any atom is -0.354 e. The summed E-state index contributed by atoms with van der Waals surface area (Å²) in [6, 6.07) is 0.312. The fourth-order valence-corrected chi connectivity index (χ4v) is 2.01. The number of aliphatic imine (C=N–C) groups is 1. The number of nitrogens with two attached hydrogens (primary N) is 1. The molecule has 74 valence electrons. The molecule has 2 aliphatic rings. The molecule has 1 saturated heterocycles. The predicted molar refractivity (Wildman–Crippen MR) is 53.6 cm³/mol. The van der Waals surface area contributed by atoms with Gasteiger partial charge in [0.15, 0.2) is 5.96 Å². The van der Waals surface area contributed by atoms with Crippen LogP contribution in [-0.2, 0) is 0 Å². The van der Waals surface area contributed by atoms with Crippen LogP contribution in [0.2, 0.25) is 0 Å². The summed E-state index contributed by atoms with van der Waals surface area (Å²) in [4.78, 5) is 6.72. The third-order valence-electron chi connectivity index (χ3n) is 2.92. The number of hydrogen-bond acceptors (Lipinski definition) is 4. The zero-order chi connectivity index (χ0) is 9.26. The molecule has 2 rings (SSSR count). The lowest BCUT2D eigenvalue weighted by Gasteiger charge is -2.19. The minimum atomic E-state index is 0.312. The van der Waals surface area contributed by atoms with Crippen LogP contribution in [0.3, 0.4) is 0 Å². The van der Waals surface area contributed by atoms with E-state index >= 15 is 0 Å². The molecule has 0 aromatic rings. The number of likely N-dealkylation sites (tertiary alicyclic amines) is 1. The van der Waals surface area contributed by atoms with Crippen molar-refractivity contribution in [3.8, 4) is 0 Å². The Labute approximate surface area is 79.2 Å². The van der Waals surface area contributed by atoms with Crippen molar-refractivity contribution in [1.82, 2.24) is 10.2 Å². The zero-order valence-electron chi connectivity index (χ0n) is 8.16. The van der Waals surface area contributed by atoms with Gasteiger partial charge >= 0.3 is 0 Å². The molecule has 0 amide bonds. The summed E-state index contributed by atoms with van der Waals surface area (Å²) in [6.45, 7) is 6.20. The third kappa shape index (κ3) is 1.77. The zero-order valence-corrected chi connectivity index (χ0v) is 8.16. The quantitative estimate of drug-likeness (QED) is 0.581. The van der Waals surface area contributed by atoms with E-state index in [0.29, 0.717) is 12.0 Å². The smallest absolute Gasteiger partial charge is 0.194 e. The lowest BCUT2D eigenvalue weighted by Crippen LogP contribution is -2.38. The molecular formula is C9H18N4. The highest BCUT2D eigenvalue weighted by molar-refractivity contribution is 5.81. The Kier molecular flexibility index (Phi) is 2.40. The summed E-state index contributed by atoms with van der Waals surface area (Å²) in [7, 11) is 0. The lowest BCUT2D eigenvalue weighted by atomic mass is 10.0. The third-order valence-corrected chi connectivity index (χ3v) is 2.92. The Bertz CT molecular complexity index is 212. The van der Waals surface area contributed by atoms with Crippen molar-refractivity contribution in [3.63, 3.8) is 0 Å². The summed E-state index contributed by atoms with van der Waals surface area (Å²) >= 11 is 0. The van der Waals surface area contributed by atoms with E-state index in [9.17, 15) is 0 Å². The maximum atomic E-state index is 5.87. The van der Waals surface area contributed by atoms with Crippen LogP contribution < -0.4 is 11.1 Å². The number of hydrogen-bond donors (Lipinski definition) is 2.